The third kappa shape index (κ3) is 5.16. The van der Waals surface area contributed by atoms with Crippen molar-refractivity contribution in [3.63, 3.8) is 0 Å². The van der Waals surface area contributed by atoms with Crippen molar-refractivity contribution in [3.8, 4) is 5.75 Å². The number of ether oxygens (including phenoxy) is 1. The van der Waals surface area contributed by atoms with Crippen LogP contribution in [0, 0.1) is 0 Å². The van der Waals surface area contributed by atoms with Crippen LogP contribution in [-0.2, 0) is 4.74 Å². The summed E-state index contributed by atoms with van der Waals surface area (Å²) in [7, 11) is 0. The van der Waals surface area contributed by atoms with E-state index >= 15 is 0 Å². The van der Waals surface area contributed by atoms with Gasteiger partial charge in [-0.25, -0.2) is 0 Å². The predicted molar refractivity (Wildman–Crippen MR) is 86.5 cm³/mol. The Morgan fingerprint density at radius 2 is 2.36 bits per heavy atom. The Hall–Kier alpha value is -1.30. The second-order valence-electron chi connectivity index (χ2n) is 5.61. The first-order valence-electron chi connectivity index (χ1n) is 7.67. The zero-order valence-electron chi connectivity index (χ0n) is 12.8. The lowest BCUT2D eigenvalue weighted by molar-refractivity contribution is 0.0675. The van der Waals surface area contributed by atoms with Gasteiger partial charge in [0.05, 0.1) is 16.7 Å². The number of nitrogens with one attached hydrogen (secondary N) is 1. The molecule has 1 amide bonds. The lowest BCUT2D eigenvalue weighted by atomic mass is 10.2. The van der Waals surface area contributed by atoms with Gasteiger partial charge in [-0.15, -0.1) is 0 Å². The van der Waals surface area contributed by atoms with Crippen LogP contribution in [-0.4, -0.2) is 54.8 Å². The van der Waals surface area contributed by atoms with Crippen LogP contribution in [0.2, 0.25) is 5.02 Å². The van der Waals surface area contributed by atoms with E-state index < -0.39 is 0 Å². The molecule has 1 fully saturated rings. The number of benzene rings is 1. The van der Waals surface area contributed by atoms with E-state index in [0.29, 0.717) is 17.1 Å². The van der Waals surface area contributed by atoms with E-state index in [1.165, 1.54) is 18.2 Å². The van der Waals surface area contributed by atoms with Gasteiger partial charge in [0.2, 0.25) is 0 Å². The first kappa shape index (κ1) is 17.1. The third-order valence-corrected chi connectivity index (χ3v) is 4.00. The SMILES string of the molecule is CC1CN(CCCNC(=O)c2cc(O)ccc2Cl)CCCO1. The Morgan fingerprint density at radius 3 is 3.18 bits per heavy atom. The molecule has 0 saturated carbocycles. The number of aromatic hydroxyl groups is 1. The van der Waals surface area contributed by atoms with Crippen LogP contribution in [0.5, 0.6) is 5.75 Å². The molecule has 122 valence electrons. The summed E-state index contributed by atoms with van der Waals surface area (Å²) in [5.74, 6) is -0.221. The number of phenols is 1. The second kappa shape index (κ2) is 8.36. The average molecular weight is 327 g/mol. The molecule has 1 saturated heterocycles. The van der Waals surface area contributed by atoms with Crippen LogP contribution in [0.15, 0.2) is 18.2 Å². The number of halogens is 1. The van der Waals surface area contributed by atoms with Gasteiger partial charge in [-0.2, -0.15) is 0 Å². The van der Waals surface area contributed by atoms with Gasteiger partial charge in [0.25, 0.3) is 5.91 Å². The highest BCUT2D eigenvalue weighted by molar-refractivity contribution is 6.33. The number of amides is 1. The van der Waals surface area contributed by atoms with Crippen molar-refractivity contribution >= 4 is 17.5 Å². The molecular formula is C16H23ClN2O3. The highest BCUT2D eigenvalue weighted by atomic mass is 35.5. The van der Waals surface area contributed by atoms with Gasteiger partial charge in [-0.05, 0) is 44.5 Å². The van der Waals surface area contributed by atoms with E-state index in [1.54, 1.807) is 0 Å². The molecule has 22 heavy (non-hydrogen) atoms. The summed E-state index contributed by atoms with van der Waals surface area (Å²) in [4.78, 5) is 14.4. The number of carbonyl (C=O) groups is 1. The molecule has 0 bridgehead atoms. The number of phenolic OH excluding ortho intramolecular Hbond substituents is 1. The van der Waals surface area contributed by atoms with Crippen molar-refractivity contribution in [2.45, 2.75) is 25.9 Å². The lowest BCUT2D eigenvalue weighted by Gasteiger charge is -2.21. The molecule has 1 unspecified atom stereocenters. The van der Waals surface area contributed by atoms with Gasteiger partial charge in [0.15, 0.2) is 0 Å². The predicted octanol–water partition coefficient (Wildman–Crippen LogP) is 2.28. The Kier molecular flexibility index (Phi) is 6.49. The molecule has 1 aromatic rings. The van der Waals surface area contributed by atoms with Gasteiger partial charge >= 0.3 is 0 Å². The van der Waals surface area contributed by atoms with Crippen LogP contribution in [0.4, 0.5) is 0 Å². The van der Waals surface area contributed by atoms with Crippen molar-refractivity contribution in [2.75, 3.05) is 32.8 Å². The largest absolute Gasteiger partial charge is 0.508 e. The van der Waals surface area contributed by atoms with Gasteiger partial charge in [-0.1, -0.05) is 11.6 Å². The van der Waals surface area contributed by atoms with E-state index in [1.807, 2.05) is 0 Å². The molecule has 1 heterocycles. The van der Waals surface area contributed by atoms with Crippen molar-refractivity contribution in [2.24, 2.45) is 0 Å². The molecule has 6 heteroatoms. The molecule has 2 rings (SSSR count). The molecule has 5 nitrogen and oxygen atoms in total. The maximum absolute atomic E-state index is 12.0. The first-order chi connectivity index (χ1) is 10.6. The van der Waals surface area contributed by atoms with Crippen molar-refractivity contribution < 1.29 is 14.6 Å². The Bertz CT molecular complexity index is 510. The average Bonchev–Trinajstić information content (AvgIpc) is 2.70. The molecule has 0 radical (unpaired) electrons. The van der Waals surface area contributed by atoms with E-state index in [2.05, 4.69) is 17.1 Å². The van der Waals surface area contributed by atoms with E-state index in [0.717, 1.165) is 39.1 Å². The molecule has 2 N–H and O–H groups in total. The summed E-state index contributed by atoms with van der Waals surface area (Å²) in [6, 6.07) is 4.36. The summed E-state index contributed by atoms with van der Waals surface area (Å²) in [5.41, 5.74) is 0.304. The quantitative estimate of drug-likeness (QED) is 0.815. The molecule has 0 spiro atoms. The van der Waals surface area contributed by atoms with Gasteiger partial charge in [0, 0.05) is 26.2 Å². The highest BCUT2D eigenvalue weighted by Crippen LogP contribution is 2.20. The summed E-state index contributed by atoms with van der Waals surface area (Å²) in [6.07, 6.45) is 2.19. The minimum absolute atomic E-state index is 0.0353. The Labute approximate surface area is 136 Å². The number of hydrogen-bond donors (Lipinski definition) is 2. The summed E-state index contributed by atoms with van der Waals surface area (Å²) < 4.78 is 5.61. The van der Waals surface area contributed by atoms with Crippen molar-refractivity contribution in [1.29, 1.82) is 0 Å². The van der Waals surface area contributed by atoms with Crippen molar-refractivity contribution in [1.82, 2.24) is 10.2 Å². The van der Waals surface area contributed by atoms with E-state index in [9.17, 15) is 9.90 Å². The molecule has 1 aromatic carbocycles. The van der Waals surface area contributed by atoms with E-state index in [-0.39, 0.29) is 17.8 Å². The lowest BCUT2D eigenvalue weighted by Crippen LogP contribution is -2.33. The fourth-order valence-electron chi connectivity index (χ4n) is 2.57. The number of rotatable bonds is 5. The van der Waals surface area contributed by atoms with Gasteiger partial charge < -0.3 is 20.1 Å². The molecular weight excluding hydrogens is 304 g/mol. The van der Waals surface area contributed by atoms with Crippen LogP contribution in [0.1, 0.15) is 30.1 Å². The van der Waals surface area contributed by atoms with Gasteiger partial charge in [-0.3, -0.25) is 4.79 Å². The maximum Gasteiger partial charge on any atom is 0.252 e. The standard InChI is InChI=1S/C16H23ClN2O3/c1-12-11-19(8-3-9-22-12)7-2-6-18-16(21)14-10-13(20)4-5-15(14)17/h4-5,10,12,20H,2-3,6-9,11H2,1H3,(H,18,21). The fourth-order valence-corrected chi connectivity index (χ4v) is 2.77. The molecule has 1 aliphatic rings. The van der Waals surface area contributed by atoms with E-state index in [4.69, 9.17) is 16.3 Å². The normalized spacial score (nSPS) is 19.6. The second-order valence-corrected chi connectivity index (χ2v) is 6.02. The number of hydrogen-bond acceptors (Lipinski definition) is 4. The minimum atomic E-state index is -0.256. The molecule has 0 aromatic heterocycles. The Balaban J connectivity index is 1.74. The summed E-state index contributed by atoms with van der Waals surface area (Å²) in [5, 5.41) is 12.6. The fraction of sp³-hybridized carbons (Fsp3) is 0.562. The molecule has 1 atom stereocenters. The van der Waals surface area contributed by atoms with Crippen LogP contribution < -0.4 is 5.32 Å². The Morgan fingerprint density at radius 1 is 1.55 bits per heavy atom. The van der Waals surface area contributed by atoms with Gasteiger partial charge in [0.1, 0.15) is 5.75 Å². The summed E-state index contributed by atoms with van der Waals surface area (Å²) >= 11 is 5.97. The van der Waals surface area contributed by atoms with Crippen LogP contribution in [0.25, 0.3) is 0 Å². The molecule has 0 aliphatic carbocycles. The van der Waals surface area contributed by atoms with Crippen molar-refractivity contribution in [3.05, 3.63) is 28.8 Å². The maximum atomic E-state index is 12.0. The monoisotopic (exact) mass is 326 g/mol. The smallest absolute Gasteiger partial charge is 0.252 e. The number of nitrogens with zero attached hydrogens (tertiary/aromatic N) is 1. The van der Waals surface area contributed by atoms with Crippen LogP contribution in [0.3, 0.4) is 0 Å². The zero-order chi connectivity index (χ0) is 15.9. The first-order valence-corrected chi connectivity index (χ1v) is 8.04. The number of carbonyl (C=O) groups excluding carboxylic acids is 1. The summed E-state index contributed by atoms with van der Waals surface area (Å²) in [6.45, 7) is 6.40. The zero-order valence-corrected chi connectivity index (χ0v) is 13.6. The van der Waals surface area contributed by atoms with Crippen LogP contribution >= 0.6 is 11.6 Å². The topological polar surface area (TPSA) is 61.8 Å². The third-order valence-electron chi connectivity index (χ3n) is 3.67. The highest BCUT2D eigenvalue weighted by Gasteiger charge is 2.15. The molecule has 1 aliphatic heterocycles. The minimum Gasteiger partial charge on any atom is -0.508 e.